The Hall–Kier alpha value is -1.55. The van der Waals surface area contributed by atoms with Gasteiger partial charge in [0.15, 0.2) is 0 Å². The monoisotopic (exact) mass is 287 g/mol. The van der Waals surface area contributed by atoms with Gasteiger partial charge in [0.1, 0.15) is 0 Å². The lowest BCUT2D eigenvalue weighted by Gasteiger charge is -2.36. The Morgan fingerprint density at radius 1 is 0.905 bits per heavy atom. The van der Waals surface area contributed by atoms with Gasteiger partial charge in [0.2, 0.25) is 5.91 Å². The first kappa shape index (κ1) is 14.4. The second kappa shape index (κ2) is 6.94. The van der Waals surface area contributed by atoms with Crippen molar-refractivity contribution in [2.24, 2.45) is 0 Å². The number of rotatable bonds is 4. The van der Waals surface area contributed by atoms with Crippen molar-refractivity contribution in [1.29, 1.82) is 0 Å². The van der Waals surface area contributed by atoms with E-state index in [2.05, 4.69) is 40.1 Å². The molecule has 1 amide bonds. The summed E-state index contributed by atoms with van der Waals surface area (Å²) in [6, 6.07) is 10.6. The number of amides is 1. The van der Waals surface area contributed by atoms with Crippen LogP contribution in [0.2, 0.25) is 0 Å². The molecule has 2 heterocycles. The van der Waals surface area contributed by atoms with E-state index in [1.54, 1.807) is 0 Å². The predicted octanol–water partition coefficient (Wildman–Crippen LogP) is 1.82. The second-order valence-corrected chi connectivity index (χ2v) is 6.00. The third-order valence-electron chi connectivity index (χ3n) is 4.59. The average molecular weight is 287 g/mol. The van der Waals surface area contributed by atoms with Gasteiger partial charge in [-0.3, -0.25) is 9.69 Å². The van der Waals surface area contributed by atoms with Crippen molar-refractivity contribution in [3.63, 3.8) is 0 Å². The average Bonchev–Trinajstić information content (AvgIpc) is 3.08. The van der Waals surface area contributed by atoms with Gasteiger partial charge in [-0.2, -0.15) is 0 Å². The molecule has 0 aromatic heterocycles. The van der Waals surface area contributed by atoms with E-state index in [9.17, 15) is 4.79 Å². The van der Waals surface area contributed by atoms with Gasteiger partial charge in [0, 0.05) is 57.9 Å². The van der Waals surface area contributed by atoms with Crippen molar-refractivity contribution in [1.82, 2.24) is 9.80 Å². The quantitative estimate of drug-likeness (QED) is 0.845. The minimum Gasteiger partial charge on any atom is -0.369 e. The van der Waals surface area contributed by atoms with Crippen LogP contribution in [0.15, 0.2) is 30.3 Å². The first-order chi connectivity index (χ1) is 10.3. The number of hydrogen-bond donors (Lipinski definition) is 0. The molecular weight excluding hydrogens is 262 g/mol. The van der Waals surface area contributed by atoms with Gasteiger partial charge in [-0.15, -0.1) is 0 Å². The minimum atomic E-state index is 0.345. The summed E-state index contributed by atoms with van der Waals surface area (Å²) < 4.78 is 0. The fourth-order valence-corrected chi connectivity index (χ4v) is 3.25. The van der Waals surface area contributed by atoms with Gasteiger partial charge in [-0.25, -0.2) is 0 Å². The lowest BCUT2D eigenvalue weighted by Crippen LogP contribution is -2.47. The van der Waals surface area contributed by atoms with E-state index in [0.29, 0.717) is 12.3 Å². The summed E-state index contributed by atoms with van der Waals surface area (Å²) in [5.74, 6) is 0.345. The van der Waals surface area contributed by atoms with Crippen molar-refractivity contribution in [2.75, 3.05) is 50.7 Å². The summed E-state index contributed by atoms with van der Waals surface area (Å²) in [5, 5.41) is 0. The highest BCUT2D eigenvalue weighted by Crippen LogP contribution is 2.16. The van der Waals surface area contributed by atoms with Crippen molar-refractivity contribution in [3.8, 4) is 0 Å². The zero-order valence-electron chi connectivity index (χ0n) is 12.7. The molecule has 114 valence electrons. The minimum absolute atomic E-state index is 0.345. The van der Waals surface area contributed by atoms with Crippen LogP contribution in [-0.2, 0) is 4.79 Å². The number of hydrogen-bond acceptors (Lipinski definition) is 3. The smallest absolute Gasteiger partial charge is 0.223 e. The molecule has 0 atom stereocenters. The third kappa shape index (κ3) is 3.76. The Kier molecular flexibility index (Phi) is 4.76. The molecule has 2 fully saturated rings. The van der Waals surface area contributed by atoms with Crippen LogP contribution >= 0.6 is 0 Å². The lowest BCUT2D eigenvalue weighted by atomic mass is 10.2. The molecule has 3 rings (SSSR count). The predicted molar refractivity (Wildman–Crippen MR) is 85.5 cm³/mol. The summed E-state index contributed by atoms with van der Waals surface area (Å²) in [5.41, 5.74) is 1.31. The second-order valence-electron chi connectivity index (χ2n) is 6.00. The van der Waals surface area contributed by atoms with E-state index < -0.39 is 0 Å². The van der Waals surface area contributed by atoms with Gasteiger partial charge in [-0.05, 0) is 25.0 Å². The van der Waals surface area contributed by atoms with Crippen LogP contribution in [0, 0.1) is 0 Å². The van der Waals surface area contributed by atoms with Gasteiger partial charge >= 0.3 is 0 Å². The van der Waals surface area contributed by atoms with E-state index in [-0.39, 0.29) is 0 Å². The molecule has 1 aromatic carbocycles. The molecule has 0 spiro atoms. The molecule has 0 bridgehead atoms. The highest BCUT2D eigenvalue weighted by molar-refractivity contribution is 5.76. The van der Waals surface area contributed by atoms with Crippen molar-refractivity contribution in [2.45, 2.75) is 19.3 Å². The number of benzene rings is 1. The maximum atomic E-state index is 12.1. The summed E-state index contributed by atoms with van der Waals surface area (Å²) in [6.07, 6.45) is 3.05. The van der Waals surface area contributed by atoms with Crippen LogP contribution in [0.5, 0.6) is 0 Å². The molecule has 0 radical (unpaired) electrons. The molecular formula is C17H25N3O. The van der Waals surface area contributed by atoms with Crippen LogP contribution in [0.4, 0.5) is 5.69 Å². The van der Waals surface area contributed by atoms with Gasteiger partial charge < -0.3 is 9.80 Å². The molecule has 21 heavy (non-hydrogen) atoms. The van der Waals surface area contributed by atoms with Gasteiger partial charge in [0.05, 0.1) is 0 Å². The van der Waals surface area contributed by atoms with E-state index in [1.807, 2.05) is 4.90 Å². The number of para-hydroxylation sites is 1. The normalized spacial score (nSPS) is 20.0. The summed E-state index contributed by atoms with van der Waals surface area (Å²) in [4.78, 5) is 18.9. The van der Waals surface area contributed by atoms with Crippen molar-refractivity contribution in [3.05, 3.63) is 30.3 Å². The third-order valence-corrected chi connectivity index (χ3v) is 4.59. The van der Waals surface area contributed by atoms with Crippen LogP contribution in [0.3, 0.4) is 0 Å². The molecule has 0 saturated carbocycles. The standard InChI is InChI=1S/C17H25N3O/c21-17(20-9-4-5-10-20)8-11-18-12-14-19(15-13-18)16-6-2-1-3-7-16/h1-3,6-7H,4-5,8-15H2. The summed E-state index contributed by atoms with van der Waals surface area (Å²) in [6.45, 7) is 7.09. The Morgan fingerprint density at radius 2 is 1.57 bits per heavy atom. The van der Waals surface area contributed by atoms with Crippen LogP contribution in [0.1, 0.15) is 19.3 Å². The molecule has 2 saturated heterocycles. The number of likely N-dealkylation sites (tertiary alicyclic amines) is 1. The molecule has 2 aliphatic rings. The maximum Gasteiger partial charge on any atom is 0.223 e. The highest BCUT2D eigenvalue weighted by Gasteiger charge is 2.21. The first-order valence-corrected chi connectivity index (χ1v) is 8.13. The zero-order chi connectivity index (χ0) is 14.5. The molecule has 0 unspecified atom stereocenters. The molecule has 0 N–H and O–H groups in total. The Balaban J connectivity index is 1.40. The SMILES string of the molecule is O=C(CCN1CCN(c2ccccc2)CC1)N1CCCC1. The van der Waals surface area contributed by atoms with Gasteiger partial charge in [-0.1, -0.05) is 18.2 Å². The van der Waals surface area contributed by atoms with E-state index in [0.717, 1.165) is 45.8 Å². The number of anilines is 1. The maximum absolute atomic E-state index is 12.1. The molecule has 4 nitrogen and oxygen atoms in total. The number of piperazine rings is 1. The van der Waals surface area contributed by atoms with Crippen LogP contribution in [-0.4, -0.2) is 61.5 Å². The highest BCUT2D eigenvalue weighted by atomic mass is 16.2. The number of nitrogens with zero attached hydrogens (tertiary/aromatic N) is 3. The van der Waals surface area contributed by atoms with E-state index >= 15 is 0 Å². The number of carbonyl (C=O) groups excluding carboxylic acids is 1. The fourth-order valence-electron chi connectivity index (χ4n) is 3.25. The van der Waals surface area contributed by atoms with Crippen LogP contribution < -0.4 is 4.90 Å². The topological polar surface area (TPSA) is 26.8 Å². The van der Waals surface area contributed by atoms with Crippen molar-refractivity contribution < 1.29 is 4.79 Å². The molecule has 2 aliphatic heterocycles. The van der Waals surface area contributed by atoms with Crippen molar-refractivity contribution >= 4 is 11.6 Å². The summed E-state index contributed by atoms with van der Waals surface area (Å²) in [7, 11) is 0. The first-order valence-electron chi connectivity index (χ1n) is 8.13. The Bertz CT molecular complexity index is 448. The number of carbonyl (C=O) groups is 1. The molecule has 0 aliphatic carbocycles. The van der Waals surface area contributed by atoms with Gasteiger partial charge in [0.25, 0.3) is 0 Å². The van der Waals surface area contributed by atoms with Crippen LogP contribution in [0.25, 0.3) is 0 Å². The van der Waals surface area contributed by atoms with E-state index in [1.165, 1.54) is 18.5 Å². The Morgan fingerprint density at radius 3 is 2.24 bits per heavy atom. The fraction of sp³-hybridized carbons (Fsp3) is 0.588. The zero-order valence-corrected chi connectivity index (χ0v) is 12.7. The molecule has 4 heteroatoms. The van der Waals surface area contributed by atoms with E-state index in [4.69, 9.17) is 0 Å². The summed E-state index contributed by atoms with van der Waals surface area (Å²) >= 11 is 0. The molecule has 1 aromatic rings. The Labute approximate surface area is 127 Å². The largest absolute Gasteiger partial charge is 0.369 e. The lowest BCUT2D eigenvalue weighted by molar-refractivity contribution is -0.130.